The summed E-state index contributed by atoms with van der Waals surface area (Å²) in [4.78, 5) is 105. The molecule has 1 saturated heterocycles. The van der Waals surface area contributed by atoms with E-state index >= 15 is 0 Å². The quantitative estimate of drug-likeness (QED) is 0.0230. The van der Waals surface area contributed by atoms with E-state index < -0.39 is 90.5 Å². The molecule has 2 amide bonds. The summed E-state index contributed by atoms with van der Waals surface area (Å²) >= 11 is 1.06. The van der Waals surface area contributed by atoms with Crippen molar-refractivity contribution < 1.29 is 125 Å². The number of rotatable bonds is 44. The fourth-order valence-corrected chi connectivity index (χ4v) is 10.7. The van der Waals surface area contributed by atoms with Crippen molar-refractivity contribution in [1.29, 1.82) is 0 Å². The predicted octanol–water partition coefficient (Wildman–Crippen LogP) is 7.27. The van der Waals surface area contributed by atoms with Gasteiger partial charge in [-0.3, -0.25) is 32.9 Å². The zero-order chi connectivity index (χ0) is 79.7. The Kier molecular flexibility index (Phi) is 87.5. The number of methoxy groups -OCH3 is 3. The highest BCUT2D eigenvalue weighted by atomic mass is 32.2. The van der Waals surface area contributed by atoms with Crippen molar-refractivity contribution >= 4 is 75.1 Å². The third-order valence-electron chi connectivity index (χ3n) is 12.1. The number of fused-ring (bicyclic) bond motifs is 1. The van der Waals surface area contributed by atoms with E-state index in [1.54, 1.807) is 28.3 Å². The summed E-state index contributed by atoms with van der Waals surface area (Å²) < 4.78 is 74.1. The molecule has 3 rings (SSSR count). The number of aromatic nitrogens is 4. The van der Waals surface area contributed by atoms with Crippen LogP contribution in [0, 0.1) is 5.41 Å². The summed E-state index contributed by atoms with van der Waals surface area (Å²) in [5, 5.41) is 67.5. The Morgan fingerprint density at radius 2 is 1.09 bits per heavy atom. The molecule has 1 aliphatic heterocycles. The second-order valence-corrected chi connectivity index (χ2v) is 25.4. The van der Waals surface area contributed by atoms with E-state index in [0.717, 1.165) is 67.5 Å². The van der Waals surface area contributed by atoms with E-state index in [2.05, 4.69) is 57.7 Å². The standard InChI is InChI=1S/C24H40N7O17P3S.C16H32O3.3C4H10O2.6C2H6/c1-4-15(33)52-8-7-26-14(32)5-6-27-22(36)19(35)24(2,3)10-45-51(42,43)48-50(40,41)44-9-13-18(47-49(37,38)39)17(34)23(46-13)31-12-30-16-20(25)28-11-29-21(16)31;17-15-13-11-9-7-5-3-1-2-4-6-8-10-12-14-16(18)19;3*1-6-4-2-3-5;6*1-2/h11-13,17-19,23,34-35H,4-10H2,1-3H3,(H,26,32)(H,27,36)(H,40,41)(H,42,43)(H2,25,28,29)(H2,37,38,39);17H,1-15H2,(H,18,19);3*5H,2-4H2,1H3;6*1-2H3/p-4. The molecule has 7 atom stereocenters. The number of nitrogens with one attached hydrogen (secondary N) is 2. The van der Waals surface area contributed by atoms with Crippen molar-refractivity contribution in [2.75, 3.05) is 105 Å². The number of thioether (sulfide) groups is 1. The van der Waals surface area contributed by atoms with Gasteiger partial charge in [-0.15, -0.1) is 0 Å². The zero-order valence-electron chi connectivity index (χ0n) is 64.0. The first kappa shape index (κ1) is 114. The number of hydrogen-bond donors (Lipinski definition) is 10. The van der Waals surface area contributed by atoms with Gasteiger partial charge in [0.15, 0.2) is 22.8 Å². The molecule has 33 nitrogen and oxygen atoms in total. The number of nitrogen functional groups attached to an aromatic ring is 1. The van der Waals surface area contributed by atoms with Gasteiger partial charge < -0.3 is 109 Å². The summed E-state index contributed by atoms with van der Waals surface area (Å²) in [5.74, 6) is -1.84. The summed E-state index contributed by atoms with van der Waals surface area (Å²) in [7, 11) is -12.7. The van der Waals surface area contributed by atoms with Gasteiger partial charge in [0.25, 0.3) is 15.6 Å². The summed E-state index contributed by atoms with van der Waals surface area (Å²) in [6.45, 7) is 28.9. The summed E-state index contributed by atoms with van der Waals surface area (Å²) in [6, 6.07) is 0. The van der Waals surface area contributed by atoms with Crippen LogP contribution >= 0.6 is 35.2 Å². The number of phosphoric acid groups is 3. The Bertz CT molecular complexity index is 2310. The van der Waals surface area contributed by atoms with Crippen LogP contribution in [-0.4, -0.2) is 202 Å². The molecule has 11 N–H and O–H groups in total. The molecule has 1 fully saturated rings. The molecule has 37 heteroatoms. The van der Waals surface area contributed by atoms with Crippen molar-refractivity contribution in [2.24, 2.45) is 5.41 Å². The van der Waals surface area contributed by atoms with Gasteiger partial charge in [0.2, 0.25) is 11.8 Å². The van der Waals surface area contributed by atoms with Crippen LogP contribution < -0.4 is 35.9 Å². The molecule has 0 radical (unpaired) electrons. The van der Waals surface area contributed by atoms with Crippen molar-refractivity contribution in [3.8, 4) is 0 Å². The molecule has 0 aromatic carbocycles. The maximum Gasteiger partial charge on any atom is 0.303 e. The fourth-order valence-electron chi connectivity index (χ4n) is 7.33. The molecular formula is C64H134N7O26P3S-4. The highest BCUT2D eigenvalue weighted by molar-refractivity contribution is 8.13. The van der Waals surface area contributed by atoms with Crippen LogP contribution in [-0.2, 0) is 69.7 Å². The van der Waals surface area contributed by atoms with Crippen LogP contribution in [0.2, 0.25) is 0 Å². The monoisotopic (exact) mass is 1540 g/mol. The number of carbonyl (C=O) groups excluding carboxylic acids is 3. The number of aliphatic hydroxyl groups excluding tert-OH is 6. The minimum absolute atomic E-state index is 0.0206. The van der Waals surface area contributed by atoms with Gasteiger partial charge in [-0.1, -0.05) is 186 Å². The van der Waals surface area contributed by atoms with Crippen LogP contribution in [0.4, 0.5) is 5.82 Å². The third-order valence-corrected chi connectivity index (χ3v) is 16.1. The number of nitrogens with two attached hydrogens (primary N) is 1. The Balaban J connectivity index is -0.000000239. The van der Waals surface area contributed by atoms with E-state index in [1.165, 1.54) is 78.1 Å². The number of ether oxygens (including phenoxy) is 4. The minimum atomic E-state index is -5.90. The van der Waals surface area contributed by atoms with Crippen molar-refractivity contribution in [2.45, 2.75) is 256 Å². The lowest BCUT2D eigenvalue weighted by Crippen LogP contribution is -2.46. The fraction of sp³-hybridized carbons (Fsp3) is 0.859. The molecule has 0 saturated carbocycles. The first-order valence-corrected chi connectivity index (χ1v) is 40.5. The molecule has 606 valence electrons. The molecule has 2 aromatic rings. The van der Waals surface area contributed by atoms with Gasteiger partial charge in [0, 0.05) is 111 Å². The topological polar surface area (TPSA) is 521 Å². The number of anilines is 1. The predicted molar refractivity (Wildman–Crippen MR) is 387 cm³/mol. The summed E-state index contributed by atoms with van der Waals surface area (Å²) in [6.07, 6.45) is 11.1. The number of amides is 2. The second-order valence-electron chi connectivity index (χ2n) is 20.2. The SMILES string of the molecule is CC.CC.CC.CC.CC.CC.CCC(=O)SCCNC(=O)CCNC(=O)C(O)C(C)(C)COP(=O)([O-])OP(=O)([O-])OCC1OC(n2cnc3c(N)ncnc32)C(O)C1OP(=O)([O-])[O-].COCCCO.COCCCO.COCCCO.O=C(O)CCCCCCCCCCCCCCCO. The smallest absolute Gasteiger partial charge is 0.303 e. The number of carboxylic acid groups (broad SMARTS) is 1. The number of aliphatic carboxylic acids is 1. The maximum atomic E-state index is 12.5. The van der Waals surface area contributed by atoms with E-state index in [0.29, 0.717) is 45.0 Å². The number of nitrogens with zero attached hydrogens (tertiary/aromatic N) is 4. The van der Waals surface area contributed by atoms with Gasteiger partial charge in [-0.2, -0.15) is 0 Å². The normalized spacial score (nSPS) is 15.5. The van der Waals surface area contributed by atoms with E-state index in [1.807, 2.05) is 83.1 Å². The van der Waals surface area contributed by atoms with Crippen molar-refractivity contribution in [3.05, 3.63) is 12.7 Å². The lowest BCUT2D eigenvalue weighted by molar-refractivity contribution is -0.347. The number of unbranched alkanes of at least 4 members (excludes halogenated alkanes) is 12. The van der Waals surface area contributed by atoms with Gasteiger partial charge in [0.05, 0.1) is 27.4 Å². The first-order chi connectivity index (χ1) is 48.1. The number of hydrogen-bond acceptors (Lipinski definition) is 30. The molecule has 0 spiro atoms. The Morgan fingerprint density at radius 3 is 1.50 bits per heavy atom. The second kappa shape index (κ2) is 77.8. The average molecular weight is 1540 g/mol. The molecule has 0 aliphatic carbocycles. The number of phosphoric ester groups is 3. The van der Waals surface area contributed by atoms with Gasteiger partial charge in [0.1, 0.15) is 36.3 Å². The molecular weight excluding hydrogens is 1410 g/mol. The third kappa shape index (κ3) is 67.1. The van der Waals surface area contributed by atoms with Gasteiger partial charge >= 0.3 is 5.97 Å². The Labute approximate surface area is 607 Å². The van der Waals surface area contributed by atoms with Crippen LogP contribution in [0.15, 0.2) is 12.7 Å². The molecule has 101 heavy (non-hydrogen) atoms. The van der Waals surface area contributed by atoms with E-state index in [9.17, 15) is 62.7 Å². The molecule has 2 aromatic heterocycles. The van der Waals surface area contributed by atoms with Crippen LogP contribution in [0.5, 0.6) is 0 Å². The lowest BCUT2D eigenvalue weighted by Gasteiger charge is -2.36. The van der Waals surface area contributed by atoms with Crippen LogP contribution in [0.1, 0.15) is 232 Å². The number of imidazole rings is 1. The highest BCUT2D eigenvalue weighted by Gasteiger charge is 2.47. The Hall–Kier alpha value is -3.25. The summed E-state index contributed by atoms with van der Waals surface area (Å²) in [5.41, 5.74) is 4.07. The Morgan fingerprint density at radius 1 is 0.653 bits per heavy atom. The van der Waals surface area contributed by atoms with Crippen molar-refractivity contribution in [1.82, 2.24) is 30.2 Å². The lowest BCUT2D eigenvalue weighted by atomic mass is 9.87. The number of carboxylic acids is 1. The van der Waals surface area contributed by atoms with E-state index in [4.69, 9.17) is 36.0 Å². The molecule has 0 bridgehead atoms. The molecule has 1 aliphatic rings. The average Bonchev–Trinajstić information content (AvgIpc) is 1.62. The van der Waals surface area contributed by atoms with Crippen LogP contribution in [0.25, 0.3) is 11.2 Å². The zero-order valence-corrected chi connectivity index (χ0v) is 67.5. The van der Waals surface area contributed by atoms with E-state index in [-0.39, 0.29) is 61.4 Å². The molecule has 3 heterocycles. The van der Waals surface area contributed by atoms with Gasteiger partial charge in [-0.25, -0.2) is 19.3 Å². The minimum Gasteiger partial charge on any atom is -0.790 e. The maximum absolute atomic E-state index is 12.5. The number of carbonyl (C=O) groups is 4. The van der Waals surface area contributed by atoms with Crippen LogP contribution in [0.3, 0.4) is 0 Å². The molecule has 7 unspecified atom stereocenters. The first-order valence-electron chi connectivity index (χ1n) is 35.2. The van der Waals surface area contributed by atoms with Gasteiger partial charge in [-0.05, 0) is 32.1 Å². The highest BCUT2D eigenvalue weighted by Crippen LogP contribution is 2.56. The van der Waals surface area contributed by atoms with Crippen molar-refractivity contribution in [3.63, 3.8) is 0 Å². The number of aliphatic hydroxyl groups is 6. The largest absolute Gasteiger partial charge is 0.790 e.